The van der Waals surface area contributed by atoms with Crippen molar-refractivity contribution >= 4 is 5.97 Å². The largest absolute Gasteiger partial charge is 0.481 e. The molecule has 0 aliphatic heterocycles. The van der Waals surface area contributed by atoms with E-state index in [0.29, 0.717) is 25.9 Å². The molecule has 3 N–H and O–H groups in total. The van der Waals surface area contributed by atoms with Crippen molar-refractivity contribution in [2.75, 3.05) is 13.2 Å². The van der Waals surface area contributed by atoms with Crippen molar-refractivity contribution in [3.8, 4) is 0 Å². The van der Waals surface area contributed by atoms with Gasteiger partial charge in [-0.25, -0.2) is 0 Å². The minimum atomic E-state index is -0.806. The Labute approximate surface area is 153 Å². The molecular formula is C20H40O5. The van der Waals surface area contributed by atoms with Crippen LogP contribution in [0.2, 0.25) is 0 Å². The predicted octanol–water partition coefficient (Wildman–Crippen LogP) is 4.29. The second-order valence-corrected chi connectivity index (χ2v) is 6.98. The molecule has 2 atom stereocenters. The van der Waals surface area contributed by atoms with Crippen molar-refractivity contribution in [1.29, 1.82) is 0 Å². The number of ether oxygens (including phenoxy) is 1. The number of carboxylic acids is 1. The molecule has 0 saturated heterocycles. The molecule has 0 aliphatic rings. The first kappa shape index (κ1) is 24.4. The van der Waals surface area contributed by atoms with Gasteiger partial charge in [-0.3, -0.25) is 4.79 Å². The van der Waals surface area contributed by atoms with E-state index in [2.05, 4.69) is 6.92 Å². The van der Waals surface area contributed by atoms with Crippen LogP contribution in [0.1, 0.15) is 96.8 Å². The van der Waals surface area contributed by atoms with E-state index < -0.39 is 18.2 Å². The Bertz CT molecular complexity index is 296. The molecule has 0 saturated carbocycles. The van der Waals surface area contributed by atoms with E-state index in [0.717, 1.165) is 12.8 Å². The minimum Gasteiger partial charge on any atom is -0.481 e. The van der Waals surface area contributed by atoms with Gasteiger partial charge in [0, 0.05) is 13.0 Å². The van der Waals surface area contributed by atoms with Crippen LogP contribution < -0.4 is 0 Å². The summed E-state index contributed by atoms with van der Waals surface area (Å²) in [6.07, 6.45) is 13.3. The number of rotatable bonds is 19. The van der Waals surface area contributed by atoms with Gasteiger partial charge in [-0.05, 0) is 19.3 Å². The fraction of sp³-hybridized carbons (Fsp3) is 0.950. The average molecular weight is 361 g/mol. The predicted molar refractivity (Wildman–Crippen MR) is 101 cm³/mol. The zero-order valence-electron chi connectivity index (χ0n) is 16.1. The van der Waals surface area contributed by atoms with E-state index in [9.17, 15) is 15.0 Å². The molecule has 0 radical (unpaired) electrons. The summed E-state index contributed by atoms with van der Waals surface area (Å²) >= 11 is 0. The lowest BCUT2D eigenvalue weighted by Crippen LogP contribution is -2.32. The normalized spacial score (nSPS) is 13.7. The fourth-order valence-corrected chi connectivity index (χ4v) is 2.93. The van der Waals surface area contributed by atoms with Crippen LogP contribution in [0.5, 0.6) is 0 Å². The Balaban J connectivity index is 3.51. The first-order valence-electron chi connectivity index (χ1n) is 10.2. The van der Waals surface area contributed by atoms with Crippen LogP contribution in [0.15, 0.2) is 0 Å². The number of aliphatic carboxylic acids is 1. The number of aliphatic hydroxyl groups excluding tert-OH is 2. The van der Waals surface area contributed by atoms with Gasteiger partial charge in [0.15, 0.2) is 0 Å². The molecule has 0 aromatic carbocycles. The third kappa shape index (κ3) is 16.6. The summed E-state index contributed by atoms with van der Waals surface area (Å²) < 4.78 is 5.48. The third-order valence-electron chi connectivity index (χ3n) is 4.58. The molecule has 0 fully saturated rings. The SMILES string of the molecule is CCCCCCCCCCCCC(O)[C@H](CO)OCCCCC(=O)O. The van der Waals surface area contributed by atoms with Crippen LogP contribution >= 0.6 is 0 Å². The summed E-state index contributed by atoms with van der Waals surface area (Å²) in [5, 5.41) is 28.0. The second kappa shape index (κ2) is 18.2. The summed E-state index contributed by atoms with van der Waals surface area (Å²) in [6.45, 7) is 2.42. The van der Waals surface area contributed by atoms with Gasteiger partial charge in [0.2, 0.25) is 0 Å². The van der Waals surface area contributed by atoms with Gasteiger partial charge in [-0.2, -0.15) is 0 Å². The first-order chi connectivity index (χ1) is 12.1. The van der Waals surface area contributed by atoms with E-state index in [1.165, 1.54) is 51.4 Å². The molecule has 0 rings (SSSR count). The number of carboxylic acid groups (broad SMARTS) is 1. The van der Waals surface area contributed by atoms with E-state index >= 15 is 0 Å². The number of aliphatic hydroxyl groups is 2. The van der Waals surface area contributed by atoms with Crippen molar-refractivity contribution in [1.82, 2.24) is 0 Å². The van der Waals surface area contributed by atoms with Gasteiger partial charge >= 0.3 is 5.97 Å². The van der Waals surface area contributed by atoms with Gasteiger partial charge < -0.3 is 20.1 Å². The standard InChI is InChI=1S/C20H40O5/c1-2-3-4-5-6-7-8-9-10-11-14-18(22)19(17-21)25-16-13-12-15-20(23)24/h18-19,21-22H,2-17H2,1H3,(H,23,24)/t18?,19-/m0/s1. The van der Waals surface area contributed by atoms with E-state index in [1.54, 1.807) is 0 Å². The Hall–Kier alpha value is -0.650. The molecule has 25 heavy (non-hydrogen) atoms. The molecule has 0 amide bonds. The van der Waals surface area contributed by atoms with Crippen molar-refractivity contribution in [2.24, 2.45) is 0 Å². The smallest absolute Gasteiger partial charge is 0.303 e. The summed E-state index contributed by atoms with van der Waals surface area (Å²) in [7, 11) is 0. The van der Waals surface area contributed by atoms with E-state index in [1.807, 2.05) is 0 Å². The van der Waals surface area contributed by atoms with E-state index in [4.69, 9.17) is 9.84 Å². The lowest BCUT2D eigenvalue weighted by Gasteiger charge is -2.21. The summed E-state index contributed by atoms with van der Waals surface area (Å²) in [6, 6.07) is 0. The van der Waals surface area contributed by atoms with Crippen molar-refractivity contribution in [3.05, 3.63) is 0 Å². The zero-order valence-corrected chi connectivity index (χ0v) is 16.1. The van der Waals surface area contributed by atoms with Crippen molar-refractivity contribution < 1.29 is 24.9 Å². The maximum atomic E-state index is 10.4. The lowest BCUT2D eigenvalue weighted by atomic mass is 10.0. The van der Waals surface area contributed by atoms with Crippen LogP contribution in [-0.2, 0) is 9.53 Å². The van der Waals surface area contributed by atoms with Gasteiger partial charge in [-0.1, -0.05) is 71.1 Å². The highest BCUT2D eigenvalue weighted by molar-refractivity contribution is 5.66. The highest BCUT2D eigenvalue weighted by atomic mass is 16.5. The highest BCUT2D eigenvalue weighted by Gasteiger charge is 2.18. The van der Waals surface area contributed by atoms with Crippen molar-refractivity contribution in [3.63, 3.8) is 0 Å². The van der Waals surface area contributed by atoms with Crippen LogP contribution in [0.4, 0.5) is 0 Å². The summed E-state index contributed by atoms with van der Waals surface area (Å²) in [5.74, 6) is -0.806. The van der Waals surface area contributed by atoms with Gasteiger partial charge in [0.05, 0.1) is 12.7 Å². The van der Waals surface area contributed by atoms with Gasteiger partial charge in [-0.15, -0.1) is 0 Å². The fourth-order valence-electron chi connectivity index (χ4n) is 2.93. The Kier molecular flexibility index (Phi) is 17.7. The Morgan fingerprint density at radius 2 is 1.44 bits per heavy atom. The maximum Gasteiger partial charge on any atom is 0.303 e. The zero-order chi connectivity index (χ0) is 18.8. The summed E-state index contributed by atoms with van der Waals surface area (Å²) in [5.41, 5.74) is 0. The molecule has 0 aromatic rings. The van der Waals surface area contributed by atoms with Crippen LogP contribution in [0.25, 0.3) is 0 Å². The number of unbranched alkanes of at least 4 members (excludes halogenated alkanes) is 10. The topological polar surface area (TPSA) is 87.0 Å². The molecule has 0 heterocycles. The van der Waals surface area contributed by atoms with Gasteiger partial charge in [0.1, 0.15) is 6.10 Å². The van der Waals surface area contributed by atoms with Crippen molar-refractivity contribution in [2.45, 2.75) is 109 Å². The highest BCUT2D eigenvalue weighted by Crippen LogP contribution is 2.14. The molecule has 0 bridgehead atoms. The molecule has 1 unspecified atom stereocenters. The molecule has 0 spiro atoms. The molecule has 5 nitrogen and oxygen atoms in total. The third-order valence-corrected chi connectivity index (χ3v) is 4.58. The number of hydrogen-bond donors (Lipinski definition) is 3. The first-order valence-corrected chi connectivity index (χ1v) is 10.2. The van der Waals surface area contributed by atoms with Gasteiger partial charge in [0.25, 0.3) is 0 Å². The number of hydrogen-bond acceptors (Lipinski definition) is 4. The van der Waals surface area contributed by atoms with E-state index in [-0.39, 0.29) is 13.0 Å². The van der Waals surface area contributed by atoms with Crippen LogP contribution in [-0.4, -0.2) is 46.7 Å². The molecule has 150 valence electrons. The van der Waals surface area contributed by atoms with Crippen LogP contribution in [0.3, 0.4) is 0 Å². The summed E-state index contributed by atoms with van der Waals surface area (Å²) in [4.78, 5) is 10.4. The molecular weight excluding hydrogens is 320 g/mol. The quantitative estimate of drug-likeness (QED) is 0.299. The lowest BCUT2D eigenvalue weighted by molar-refractivity contribution is -0.137. The maximum absolute atomic E-state index is 10.4. The number of carbonyl (C=O) groups is 1. The minimum absolute atomic E-state index is 0.133. The monoisotopic (exact) mass is 360 g/mol. The average Bonchev–Trinajstić information content (AvgIpc) is 2.59. The molecule has 0 aromatic heterocycles. The Morgan fingerprint density at radius 3 is 1.96 bits per heavy atom. The van der Waals surface area contributed by atoms with Crippen LogP contribution in [0, 0.1) is 0 Å². The Morgan fingerprint density at radius 1 is 0.880 bits per heavy atom. The molecule has 5 heteroatoms. The second-order valence-electron chi connectivity index (χ2n) is 6.98. The molecule has 0 aliphatic carbocycles.